The number of benzene rings is 3. The Labute approximate surface area is 319 Å². The van der Waals surface area contributed by atoms with Gasteiger partial charge in [0, 0.05) is 35.2 Å². The molecule has 0 amide bonds. The molecule has 284 valence electrons. The number of carboxylic acid groups (broad SMARTS) is 1. The van der Waals surface area contributed by atoms with Gasteiger partial charge in [-0.3, -0.25) is 0 Å². The molecule has 4 bridgehead atoms. The lowest BCUT2D eigenvalue weighted by atomic mass is 9.95. The Bertz CT molecular complexity index is 2360. The number of ether oxygens (including phenoxy) is 4. The van der Waals surface area contributed by atoms with Gasteiger partial charge in [0.2, 0.25) is 12.0 Å². The monoisotopic (exact) mass is 795 g/mol. The van der Waals surface area contributed by atoms with Gasteiger partial charge >= 0.3 is 18.2 Å². The van der Waals surface area contributed by atoms with Crippen LogP contribution in [0.1, 0.15) is 23.2 Å². The zero-order valence-electron chi connectivity index (χ0n) is 28.8. The number of hydrogen-bond donors (Lipinski definition) is 2. The molecule has 0 spiro atoms. The van der Waals surface area contributed by atoms with Gasteiger partial charge in [-0.15, -0.1) is 11.3 Å². The predicted octanol–water partition coefficient (Wildman–Crippen LogP) is 8.71. The Kier molecular flexibility index (Phi) is 10.9. The van der Waals surface area contributed by atoms with Crippen LogP contribution in [0.15, 0.2) is 73.2 Å². The molecule has 0 fully saturated rings. The molecule has 8 rings (SSSR count). The second-order valence-corrected chi connectivity index (χ2v) is 13.7. The van der Waals surface area contributed by atoms with Crippen molar-refractivity contribution < 1.29 is 46.4 Å². The van der Waals surface area contributed by atoms with E-state index in [2.05, 4.69) is 25.3 Å². The number of thiophene rings is 1. The number of hydrogen-bond acceptors (Lipinski definition) is 11. The smallest absolute Gasteiger partial charge is 0.392 e. The Hall–Kier alpha value is -5.74. The van der Waals surface area contributed by atoms with Crippen molar-refractivity contribution in [2.24, 2.45) is 0 Å². The number of nitrogens with zero attached hydrogens (tertiary/aromatic N) is 4. The van der Waals surface area contributed by atoms with Crippen molar-refractivity contribution in [2.75, 3.05) is 25.1 Å². The maximum Gasteiger partial charge on any atom is 0.392 e. The van der Waals surface area contributed by atoms with Gasteiger partial charge in [0.25, 0.3) is 0 Å². The topological polar surface area (TPSA) is 138 Å². The summed E-state index contributed by atoms with van der Waals surface area (Å²) in [5.41, 5.74) is 4.16. The summed E-state index contributed by atoms with van der Waals surface area (Å²) in [6.45, 7) is 1.65. The number of carbonyl (C=O) groups is 1. The van der Waals surface area contributed by atoms with Crippen molar-refractivity contribution in [3.05, 3.63) is 101 Å². The number of carboxylic acids is 1. The molecule has 1 unspecified atom stereocenters. The van der Waals surface area contributed by atoms with E-state index < -0.39 is 37.1 Å². The minimum Gasteiger partial charge on any atom is -0.492 e. The first-order valence-corrected chi connectivity index (χ1v) is 18.0. The molecule has 2 aliphatic rings. The van der Waals surface area contributed by atoms with Crippen molar-refractivity contribution in [1.82, 2.24) is 19.9 Å². The van der Waals surface area contributed by atoms with Gasteiger partial charge in [-0.1, -0.05) is 29.8 Å². The number of aromatic nitrogens is 4. The number of nitrogens with one attached hydrogen (secondary N) is 1. The lowest BCUT2D eigenvalue weighted by molar-refractivity contribution is -0.145. The van der Waals surface area contributed by atoms with Crippen LogP contribution in [0.5, 0.6) is 23.4 Å². The number of rotatable bonds is 8. The highest BCUT2D eigenvalue weighted by molar-refractivity contribution is 7.22. The molecule has 1 atom stereocenters. The molecule has 3 aromatic carbocycles. The maximum absolute atomic E-state index is 14.0. The van der Waals surface area contributed by atoms with Crippen LogP contribution in [-0.4, -0.2) is 63.1 Å². The molecule has 6 aromatic rings. The van der Waals surface area contributed by atoms with Gasteiger partial charge in [0.15, 0.2) is 0 Å². The minimum absolute atomic E-state index is 0.00737. The largest absolute Gasteiger partial charge is 0.492 e. The van der Waals surface area contributed by atoms with Crippen molar-refractivity contribution in [3.63, 3.8) is 0 Å². The number of anilines is 1. The highest BCUT2D eigenvalue weighted by Gasteiger charge is 2.29. The van der Waals surface area contributed by atoms with E-state index in [0.29, 0.717) is 61.2 Å². The Balaban J connectivity index is 1.27. The van der Waals surface area contributed by atoms with Crippen molar-refractivity contribution >= 4 is 44.8 Å². The minimum atomic E-state index is -4.40. The van der Waals surface area contributed by atoms with Crippen LogP contribution in [-0.2, 0) is 17.8 Å². The fourth-order valence-corrected chi connectivity index (χ4v) is 7.28. The Morgan fingerprint density at radius 2 is 1.89 bits per heavy atom. The van der Waals surface area contributed by atoms with Crippen LogP contribution >= 0.6 is 22.9 Å². The molecule has 0 saturated carbocycles. The zero-order chi connectivity index (χ0) is 38.7. The van der Waals surface area contributed by atoms with Crippen LogP contribution in [0.3, 0.4) is 0 Å². The van der Waals surface area contributed by atoms with Crippen LogP contribution in [0, 0.1) is 12.7 Å². The summed E-state index contributed by atoms with van der Waals surface area (Å²) in [5.74, 6) is -0.988. The summed E-state index contributed by atoms with van der Waals surface area (Å²) in [5, 5.41) is 14.7. The van der Waals surface area contributed by atoms with Gasteiger partial charge in [0.1, 0.15) is 48.3 Å². The molecule has 0 saturated heterocycles. The van der Waals surface area contributed by atoms with E-state index in [9.17, 15) is 27.5 Å². The Morgan fingerprint density at radius 1 is 1.07 bits per heavy atom. The third-order valence-electron chi connectivity index (χ3n) is 8.55. The van der Waals surface area contributed by atoms with Crippen LogP contribution < -0.4 is 24.3 Å². The summed E-state index contributed by atoms with van der Waals surface area (Å²) in [7, 11) is 0. The second-order valence-electron chi connectivity index (χ2n) is 12.3. The highest BCUT2D eigenvalue weighted by atomic mass is 35.5. The molecule has 55 heavy (non-hydrogen) atoms. The van der Waals surface area contributed by atoms with Crippen LogP contribution in [0.4, 0.5) is 23.2 Å². The van der Waals surface area contributed by atoms with Gasteiger partial charge in [-0.05, 0) is 66.1 Å². The van der Waals surface area contributed by atoms with Crippen molar-refractivity contribution in [1.29, 1.82) is 0 Å². The molecule has 5 heterocycles. The van der Waals surface area contributed by atoms with E-state index in [1.165, 1.54) is 42.1 Å². The molecule has 17 heteroatoms. The molecule has 0 radical (unpaired) electrons. The van der Waals surface area contributed by atoms with E-state index in [1.54, 1.807) is 30.3 Å². The number of alkyl halides is 3. The zero-order valence-corrected chi connectivity index (χ0v) is 30.4. The predicted molar refractivity (Wildman–Crippen MR) is 197 cm³/mol. The third-order valence-corrected chi connectivity index (χ3v) is 10.2. The first kappa shape index (κ1) is 37.6. The Morgan fingerprint density at radius 3 is 2.67 bits per heavy atom. The second kappa shape index (κ2) is 15.9. The molecule has 0 aliphatic carbocycles. The lowest BCUT2D eigenvalue weighted by Gasteiger charge is -2.19. The summed E-state index contributed by atoms with van der Waals surface area (Å²) in [6, 6.07) is 15.9. The molecule has 3 aromatic heterocycles. The van der Waals surface area contributed by atoms with E-state index in [1.807, 2.05) is 19.1 Å². The fourth-order valence-electron chi connectivity index (χ4n) is 5.90. The molecular weight excluding hydrogens is 766 g/mol. The van der Waals surface area contributed by atoms with E-state index >= 15 is 0 Å². The molecular formula is C38H30ClF4N5O6S. The molecule has 2 aliphatic heterocycles. The quantitative estimate of drug-likeness (QED) is 0.143. The van der Waals surface area contributed by atoms with Crippen molar-refractivity contribution in [2.45, 2.75) is 38.7 Å². The number of aliphatic carboxylic acids is 1. The summed E-state index contributed by atoms with van der Waals surface area (Å²) in [4.78, 5) is 31.0. The van der Waals surface area contributed by atoms with Crippen LogP contribution in [0.25, 0.3) is 31.8 Å². The fraction of sp³-hybridized carbons (Fsp3) is 0.237. The van der Waals surface area contributed by atoms with Gasteiger partial charge in [-0.2, -0.15) is 18.2 Å². The first-order chi connectivity index (χ1) is 26.4. The summed E-state index contributed by atoms with van der Waals surface area (Å²) in [6.07, 6.45) is -4.64. The first-order valence-electron chi connectivity index (χ1n) is 16.8. The number of fused-ring (bicyclic) bond motifs is 7. The molecule has 11 nitrogen and oxygen atoms in total. The van der Waals surface area contributed by atoms with Crippen LogP contribution in [0.2, 0.25) is 5.02 Å². The lowest BCUT2D eigenvalue weighted by Crippen LogP contribution is -2.30. The van der Waals surface area contributed by atoms with Gasteiger partial charge in [-0.25, -0.2) is 24.1 Å². The normalized spacial score (nSPS) is 14.4. The average molecular weight is 796 g/mol. The maximum atomic E-state index is 14.0. The highest BCUT2D eigenvalue weighted by Crippen LogP contribution is 2.49. The number of halogens is 5. The summed E-state index contributed by atoms with van der Waals surface area (Å²) < 4.78 is 75.2. The average Bonchev–Trinajstić information content (AvgIpc) is 3.54. The van der Waals surface area contributed by atoms with E-state index in [-0.39, 0.29) is 37.3 Å². The summed E-state index contributed by atoms with van der Waals surface area (Å²) >= 11 is 8.25. The van der Waals surface area contributed by atoms with E-state index in [4.69, 9.17) is 30.5 Å². The van der Waals surface area contributed by atoms with E-state index in [0.717, 1.165) is 10.4 Å². The van der Waals surface area contributed by atoms with Gasteiger partial charge < -0.3 is 29.4 Å². The SMILES string of the molecule is Cc1c2ccc(c1Cl)NCCOc1ccc(OCc3ccnc(OCCC(F)(F)F)n3)c(c1)CC(C(=O)O)Oc1ncnc3sc(-c4ccc(F)cc4)c-2c13. The third kappa shape index (κ3) is 8.65. The standard InChI is InChI=1S/C38H30ClF4N5O6S/c1-20-26-7-8-27(32(20)39)44-13-15-51-25-6-9-28(53-18-24-10-12-45-37(48-24)52-14-11-38(41,42)43)22(16-25)17-29(36(49)50)54-34-31-30(26)33(55-35(31)47-19-46-34)21-2-4-23(40)5-3-21/h2-10,12,16,19,29,44H,11,13-15,17-18H2,1H3,(H,49,50). The molecule has 2 N–H and O–H groups in total. The van der Waals surface area contributed by atoms with Gasteiger partial charge in [0.05, 0.1) is 28.2 Å². The van der Waals surface area contributed by atoms with Crippen molar-refractivity contribution in [3.8, 4) is 45.0 Å².